The van der Waals surface area contributed by atoms with Crippen molar-refractivity contribution in [3.8, 4) is 5.75 Å². The number of aryl methyl sites for hydroxylation is 2. The van der Waals surface area contributed by atoms with Gasteiger partial charge in [-0.2, -0.15) is 0 Å². The average molecular weight is 261 g/mol. The summed E-state index contributed by atoms with van der Waals surface area (Å²) < 4.78 is 6.32. The van der Waals surface area contributed by atoms with Gasteiger partial charge in [0.15, 0.2) is 0 Å². The minimum atomic E-state index is 0.280. The third-order valence-corrected chi connectivity index (χ3v) is 4.23. The molecular formula is C17H27NO. The highest BCUT2D eigenvalue weighted by Crippen LogP contribution is 2.32. The molecule has 0 amide bonds. The molecule has 0 saturated heterocycles. The SMILES string of the molecule is CNC1CC(C)CC(C)C1Oc1cc(C)cc(C)c1. The van der Waals surface area contributed by atoms with Gasteiger partial charge >= 0.3 is 0 Å². The molecule has 0 aliphatic heterocycles. The summed E-state index contributed by atoms with van der Waals surface area (Å²) in [6, 6.07) is 6.93. The van der Waals surface area contributed by atoms with Gasteiger partial charge in [-0.3, -0.25) is 0 Å². The summed E-state index contributed by atoms with van der Waals surface area (Å²) in [5, 5.41) is 3.44. The van der Waals surface area contributed by atoms with Crippen molar-refractivity contribution in [2.75, 3.05) is 7.05 Å². The maximum atomic E-state index is 6.32. The predicted molar refractivity (Wildman–Crippen MR) is 80.7 cm³/mol. The zero-order valence-electron chi connectivity index (χ0n) is 12.9. The highest BCUT2D eigenvalue weighted by Gasteiger charge is 2.34. The Labute approximate surface area is 117 Å². The first kappa shape index (κ1) is 14.4. The molecule has 2 heteroatoms. The van der Waals surface area contributed by atoms with Crippen LogP contribution in [0.25, 0.3) is 0 Å². The van der Waals surface area contributed by atoms with Crippen LogP contribution < -0.4 is 10.1 Å². The Morgan fingerprint density at radius 3 is 2.26 bits per heavy atom. The third-order valence-electron chi connectivity index (χ3n) is 4.23. The van der Waals surface area contributed by atoms with E-state index in [0.717, 1.165) is 11.7 Å². The smallest absolute Gasteiger partial charge is 0.120 e. The molecule has 0 aromatic heterocycles. The van der Waals surface area contributed by atoms with Crippen LogP contribution in [0.5, 0.6) is 5.75 Å². The molecule has 0 heterocycles. The quantitative estimate of drug-likeness (QED) is 0.895. The van der Waals surface area contributed by atoms with Crippen LogP contribution in [0.4, 0.5) is 0 Å². The van der Waals surface area contributed by atoms with Gasteiger partial charge in [-0.05, 0) is 68.8 Å². The van der Waals surface area contributed by atoms with Crippen LogP contribution in [-0.4, -0.2) is 19.2 Å². The Bertz CT molecular complexity index is 409. The second-order valence-electron chi connectivity index (χ2n) is 6.35. The van der Waals surface area contributed by atoms with E-state index in [1.165, 1.54) is 24.0 Å². The molecule has 1 aliphatic rings. The van der Waals surface area contributed by atoms with E-state index in [9.17, 15) is 0 Å². The molecule has 0 spiro atoms. The summed E-state index contributed by atoms with van der Waals surface area (Å²) in [7, 11) is 2.05. The molecule has 1 fully saturated rings. The molecule has 1 aliphatic carbocycles. The standard InChI is InChI=1S/C17H27NO/c1-11-6-12(2)9-15(8-11)19-17-14(4)7-13(3)10-16(17)18-5/h6,8-9,13-14,16-18H,7,10H2,1-5H3. The van der Waals surface area contributed by atoms with Crippen molar-refractivity contribution in [3.05, 3.63) is 29.3 Å². The average Bonchev–Trinajstić information content (AvgIpc) is 2.31. The predicted octanol–water partition coefficient (Wildman–Crippen LogP) is 3.70. The molecule has 1 N–H and O–H groups in total. The van der Waals surface area contributed by atoms with Gasteiger partial charge < -0.3 is 10.1 Å². The van der Waals surface area contributed by atoms with Crippen LogP contribution in [0.3, 0.4) is 0 Å². The minimum Gasteiger partial charge on any atom is -0.489 e. The number of benzene rings is 1. The van der Waals surface area contributed by atoms with Crippen molar-refractivity contribution in [1.29, 1.82) is 0 Å². The van der Waals surface area contributed by atoms with Crippen LogP contribution in [0.15, 0.2) is 18.2 Å². The van der Waals surface area contributed by atoms with Crippen molar-refractivity contribution in [2.24, 2.45) is 11.8 Å². The zero-order chi connectivity index (χ0) is 14.0. The fraction of sp³-hybridized carbons (Fsp3) is 0.647. The third kappa shape index (κ3) is 3.50. The number of hydrogen-bond acceptors (Lipinski definition) is 2. The molecule has 1 aromatic rings. The van der Waals surface area contributed by atoms with Crippen molar-refractivity contribution < 1.29 is 4.74 Å². The lowest BCUT2D eigenvalue weighted by atomic mass is 9.78. The van der Waals surface area contributed by atoms with E-state index in [-0.39, 0.29) is 6.10 Å². The monoisotopic (exact) mass is 261 g/mol. The highest BCUT2D eigenvalue weighted by molar-refractivity contribution is 5.33. The Balaban J connectivity index is 2.15. The van der Waals surface area contributed by atoms with Gasteiger partial charge in [0.25, 0.3) is 0 Å². The highest BCUT2D eigenvalue weighted by atomic mass is 16.5. The van der Waals surface area contributed by atoms with E-state index in [1.807, 2.05) is 7.05 Å². The summed E-state index contributed by atoms with van der Waals surface area (Å²) in [6.45, 7) is 8.91. The van der Waals surface area contributed by atoms with Gasteiger partial charge in [-0.1, -0.05) is 19.9 Å². The second-order valence-corrected chi connectivity index (χ2v) is 6.35. The van der Waals surface area contributed by atoms with E-state index in [1.54, 1.807) is 0 Å². The number of rotatable bonds is 3. The van der Waals surface area contributed by atoms with Gasteiger partial charge in [0.2, 0.25) is 0 Å². The maximum absolute atomic E-state index is 6.32. The molecule has 0 radical (unpaired) electrons. The molecule has 2 nitrogen and oxygen atoms in total. The minimum absolute atomic E-state index is 0.280. The normalized spacial score (nSPS) is 31.2. The van der Waals surface area contributed by atoms with Crippen molar-refractivity contribution in [1.82, 2.24) is 5.32 Å². The van der Waals surface area contributed by atoms with E-state index in [4.69, 9.17) is 4.74 Å². The van der Waals surface area contributed by atoms with E-state index in [2.05, 4.69) is 51.2 Å². The fourth-order valence-corrected chi connectivity index (χ4v) is 3.47. The lowest BCUT2D eigenvalue weighted by Crippen LogP contribution is -2.49. The number of likely N-dealkylation sites (N-methyl/N-ethyl adjacent to an activating group) is 1. The van der Waals surface area contributed by atoms with Gasteiger partial charge in [0, 0.05) is 6.04 Å². The van der Waals surface area contributed by atoms with Crippen LogP contribution in [0, 0.1) is 25.7 Å². The molecule has 4 unspecified atom stereocenters. The second kappa shape index (κ2) is 5.96. The van der Waals surface area contributed by atoms with Crippen LogP contribution in [0.2, 0.25) is 0 Å². The van der Waals surface area contributed by atoms with Crippen LogP contribution in [0.1, 0.15) is 37.8 Å². The lowest BCUT2D eigenvalue weighted by molar-refractivity contribution is 0.0506. The topological polar surface area (TPSA) is 21.3 Å². The van der Waals surface area contributed by atoms with Gasteiger partial charge in [-0.25, -0.2) is 0 Å². The first-order chi connectivity index (χ1) is 8.99. The van der Waals surface area contributed by atoms with Crippen molar-refractivity contribution in [2.45, 2.75) is 52.7 Å². The van der Waals surface area contributed by atoms with Gasteiger partial charge in [0.05, 0.1) is 0 Å². The van der Waals surface area contributed by atoms with Crippen LogP contribution >= 0.6 is 0 Å². The Morgan fingerprint density at radius 1 is 1.05 bits per heavy atom. The molecule has 4 atom stereocenters. The lowest BCUT2D eigenvalue weighted by Gasteiger charge is -2.39. The number of nitrogens with one attached hydrogen (secondary N) is 1. The first-order valence-electron chi connectivity index (χ1n) is 7.41. The molecule has 0 bridgehead atoms. The summed E-state index contributed by atoms with van der Waals surface area (Å²) >= 11 is 0. The Morgan fingerprint density at radius 2 is 1.68 bits per heavy atom. The van der Waals surface area contributed by atoms with E-state index in [0.29, 0.717) is 12.0 Å². The van der Waals surface area contributed by atoms with Gasteiger partial charge in [-0.15, -0.1) is 0 Å². The Kier molecular flexibility index (Phi) is 4.51. The molecule has 1 saturated carbocycles. The summed E-state index contributed by atoms with van der Waals surface area (Å²) in [6.07, 6.45) is 2.74. The number of ether oxygens (including phenoxy) is 1. The fourth-order valence-electron chi connectivity index (χ4n) is 3.47. The molecule has 106 valence electrons. The van der Waals surface area contributed by atoms with Crippen LogP contribution in [-0.2, 0) is 0 Å². The molecule has 19 heavy (non-hydrogen) atoms. The van der Waals surface area contributed by atoms with Crippen molar-refractivity contribution in [3.63, 3.8) is 0 Å². The molecule has 1 aromatic carbocycles. The summed E-state index contributed by atoms with van der Waals surface area (Å²) in [5.41, 5.74) is 2.54. The zero-order valence-corrected chi connectivity index (χ0v) is 12.9. The summed E-state index contributed by atoms with van der Waals surface area (Å²) in [4.78, 5) is 0. The maximum Gasteiger partial charge on any atom is 0.120 e. The summed E-state index contributed by atoms with van der Waals surface area (Å²) in [5.74, 6) is 2.40. The molecule has 2 rings (SSSR count). The first-order valence-corrected chi connectivity index (χ1v) is 7.41. The van der Waals surface area contributed by atoms with Crippen molar-refractivity contribution >= 4 is 0 Å². The van der Waals surface area contributed by atoms with Gasteiger partial charge in [0.1, 0.15) is 11.9 Å². The van der Waals surface area contributed by atoms with E-state index >= 15 is 0 Å². The molecular weight excluding hydrogens is 234 g/mol. The van der Waals surface area contributed by atoms with E-state index < -0.39 is 0 Å². The largest absolute Gasteiger partial charge is 0.489 e. The number of hydrogen-bond donors (Lipinski definition) is 1. The Hall–Kier alpha value is -1.02.